The van der Waals surface area contributed by atoms with E-state index in [4.69, 9.17) is 4.74 Å². The number of thiophene rings is 1. The van der Waals surface area contributed by atoms with Gasteiger partial charge in [-0.25, -0.2) is 4.79 Å². The molecule has 1 heterocycles. The molecule has 0 saturated carbocycles. The number of nitrogens with one attached hydrogen (secondary N) is 1. The molecule has 110 valence electrons. The lowest BCUT2D eigenvalue weighted by Gasteiger charge is -2.05. The summed E-state index contributed by atoms with van der Waals surface area (Å²) in [6.45, 7) is 5.35. The molecule has 1 aromatic heterocycles. The molecule has 0 saturated heterocycles. The summed E-state index contributed by atoms with van der Waals surface area (Å²) in [6, 6.07) is 9.54. The predicted molar refractivity (Wildman–Crippen MR) is 84.7 cm³/mol. The monoisotopic (exact) mass is 303 g/mol. The first-order valence-corrected chi connectivity index (χ1v) is 7.49. The number of esters is 1. The molecule has 0 spiro atoms. The summed E-state index contributed by atoms with van der Waals surface area (Å²) in [5.41, 5.74) is 2.09. The quantitative estimate of drug-likeness (QED) is 0.665. The fourth-order valence-electron chi connectivity index (χ4n) is 2.07. The summed E-state index contributed by atoms with van der Waals surface area (Å²) in [6.07, 6.45) is 0. The summed E-state index contributed by atoms with van der Waals surface area (Å²) >= 11 is 1.25. The number of Topliss-reactive ketones (excluding diaryl/α,β-unsaturated/α-hetero) is 1. The van der Waals surface area contributed by atoms with Gasteiger partial charge in [-0.2, -0.15) is 0 Å². The molecule has 4 nitrogen and oxygen atoms in total. The van der Waals surface area contributed by atoms with Crippen molar-refractivity contribution in [1.29, 1.82) is 0 Å². The third-order valence-corrected chi connectivity index (χ3v) is 4.18. The number of hydrogen-bond donors (Lipinski definition) is 1. The molecule has 2 aromatic rings. The molecule has 1 N–H and O–H groups in total. The van der Waals surface area contributed by atoms with Crippen molar-refractivity contribution in [3.8, 4) is 0 Å². The van der Waals surface area contributed by atoms with E-state index in [1.54, 1.807) is 13.8 Å². The van der Waals surface area contributed by atoms with E-state index in [1.165, 1.54) is 18.3 Å². The highest BCUT2D eigenvalue weighted by atomic mass is 32.1. The molecular formula is C16H17NO3S. The van der Waals surface area contributed by atoms with E-state index in [0.717, 1.165) is 5.69 Å². The van der Waals surface area contributed by atoms with Gasteiger partial charge < -0.3 is 10.1 Å². The lowest BCUT2D eigenvalue weighted by Crippen LogP contribution is -2.05. The summed E-state index contributed by atoms with van der Waals surface area (Å²) < 4.78 is 5.04. The standard InChI is InChI=1S/C16H17NO3S/c1-4-20-16(19)14-10(2)13(11(3)18)15(21-14)17-12-8-6-5-7-9-12/h5-9,17H,4H2,1-3H3. The van der Waals surface area contributed by atoms with Gasteiger partial charge in [0.15, 0.2) is 5.78 Å². The molecule has 0 amide bonds. The Labute approximate surface area is 127 Å². The Bertz CT molecular complexity index is 662. The van der Waals surface area contributed by atoms with Gasteiger partial charge in [0.05, 0.1) is 12.2 Å². The first kappa shape index (κ1) is 15.3. The van der Waals surface area contributed by atoms with Gasteiger partial charge in [0, 0.05) is 5.69 Å². The van der Waals surface area contributed by atoms with Crippen LogP contribution in [0.25, 0.3) is 0 Å². The van der Waals surface area contributed by atoms with Crippen LogP contribution in [0.5, 0.6) is 0 Å². The second kappa shape index (κ2) is 6.54. The lowest BCUT2D eigenvalue weighted by atomic mass is 10.1. The zero-order valence-electron chi connectivity index (χ0n) is 12.2. The largest absolute Gasteiger partial charge is 0.462 e. The minimum Gasteiger partial charge on any atom is -0.462 e. The first-order valence-electron chi connectivity index (χ1n) is 6.68. The topological polar surface area (TPSA) is 55.4 Å². The molecule has 0 atom stereocenters. The van der Waals surface area contributed by atoms with E-state index < -0.39 is 0 Å². The van der Waals surface area contributed by atoms with Gasteiger partial charge in [-0.1, -0.05) is 18.2 Å². The summed E-state index contributed by atoms with van der Waals surface area (Å²) in [5.74, 6) is -0.457. The Morgan fingerprint density at radius 1 is 1.24 bits per heavy atom. The molecule has 0 bridgehead atoms. The van der Waals surface area contributed by atoms with Crippen molar-refractivity contribution in [2.75, 3.05) is 11.9 Å². The third-order valence-electron chi connectivity index (χ3n) is 2.99. The van der Waals surface area contributed by atoms with Crippen LogP contribution in [-0.4, -0.2) is 18.4 Å². The maximum atomic E-state index is 12.0. The fraction of sp³-hybridized carbons (Fsp3) is 0.250. The van der Waals surface area contributed by atoms with E-state index in [1.807, 2.05) is 30.3 Å². The molecule has 0 aliphatic rings. The second-order valence-corrected chi connectivity index (χ2v) is 5.55. The van der Waals surface area contributed by atoms with Crippen molar-refractivity contribution in [3.05, 3.63) is 46.3 Å². The van der Waals surface area contributed by atoms with Gasteiger partial charge in [0.1, 0.15) is 9.88 Å². The van der Waals surface area contributed by atoms with Gasteiger partial charge >= 0.3 is 5.97 Å². The van der Waals surface area contributed by atoms with Crippen LogP contribution in [0.1, 0.15) is 39.4 Å². The second-order valence-electron chi connectivity index (χ2n) is 4.53. The average Bonchev–Trinajstić information content (AvgIpc) is 2.77. The molecule has 2 rings (SSSR count). The maximum absolute atomic E-state index is 12.0. The molecule has 5 heteroatoms. The van der Waals surface area contributed by atoms with Crippen molar-refractivity contribution >= 4 is 33.8 Å². The molecule has 1 aromatic carbocycles. The van der Waals surface area contributed by atoms with E-state index in [-0.39, 0.29) is 11.8 Å². The number of ketones is 1. The van der Waals surface area contributed by atoms with Crippen LogP contribution < -0.4 is 5.32 Å². The zero-order chi connectivity index (χ0) is 15.4. The SMILES string of the molecule is CCOC(=O)c1sc(Nc2ccccc2)c(C(C)=O)c1C. The normalized spacial score (nSPS) is 10.2. The number of carbonyl (C=O) groups excluding carboxylic acids is 2. The van der Waals surface area contributed by atoms with E-state index in [9.17, 15) is 9.59 Å². The Morgan fingerprint density at radius 2 is 1.90 bits per heavy atom. The van der Waals surface area contributed by atoms with Crippen LogP contribution in [0.4, 0.5) is 10.7 Å². The van der Waals surface area contributed by atoms with Gasteiger partial charge in [-0.3, -0.25) is 4.79 Å². The molecule has 21 heavy (non-hydrogen) atoms. The summed E-state index contributed by atoms with van der Waals surface area (Å²) in [5, 5.41) is 3.88. The predicted octanol–water partition coefficient (Wildman–Crippen LogP) is 4.18. The van der Waals surface area contributed by atoms with Crippen molar-refractivity contribution in [2.45, 2.75) is 20.8 Å². The third kappa shape index (κ3) is 3.31. The molecular weight excluding hydrogens is 286 g/mol. The number of anilines is 2. The molecule has 0 aliphatic heterocycles. The van der Waals surface area contributed by atoms with Crippen LogP contribution in [0.3, 0.4) is 0 Å². The van der Waals surface area contributed by atoms with Crippen molar-refractivity contribution in [1.82, 2.24) is 0 Å². The number of para-hydroxylation sites is 1. The Balaban J connectivity index is 2.42. The van der Waals surface area contributed by atoms with Gasteiger partial charge in [0.2, 0.25) is 0 Å². The number of benzene rings is 1. The number of rotatable bonds is 5. The minimum atomic E-state index is -0.386. The lowest BCUT2D eigenvalue weighted by molar-refractivity contribution is 0.0531. The van der Waals surface area contributed by atoms with Gasteiger partial charge in [0.25, 0.3) is 0 Å². The Morgan fingerprint density at radius 3 is 2.48 bits per heavy atom. The highest BCUT2D eigenvalue weighted by Crippen LogP contribution is 2.35. The molecule has 0 aliphatic carbocycles. The van der Waals surface area contributed by atoms with E-state index in [0.29, 0.717) is 27.6 Å². The van der Waals surface area contributed by atoms with Crippen LogP contribution in [-0.2, 0) is 4.74 Å². The van der Waals surface area contributed by atoms with Crippen molar-refractivity contribution in [2.24, 2.45) is 0 Å². The molecule has 0 fully saturated rings. The highest BCUT2D eigenvalue weighted by molar-refractivity contribution is 7.18. The summed E-state index contributed by atoms with van der Waals surface area (Å²) in [4.78, 5) is 24.3. The maximum Gasteiger partial charge on any atom is 0.348 e. The summed E-state index contributed by atoms with van der Waals surface area (Å²) in [7, 11) is 0. The van der Waals surface area contributed by atoms with Gasteiger partial charge in [-0.15, -0.1) is 11.3 Å². The number of hydrogen-bond acceptors (Lipinski definition) is 5. The van der Waals surface area contributed by atoms with Crippen LogP contribution in [0.15, 0.2) is 30.3 Å². The van der Waals surface area contributed by atoms with Crippen LogP contribution in [0.2, 0.25) is 0 Å². The number of carbonyl (C=O) groups is 2. The van der Waals surface area contributed by atoms with E-state index in [2.05, 4.69) is 5.32 Å². The van der Waals surface area contributed by atoms with Crippen LogP contribution >= 0.6 is 11.3 Å². The van der Waals surface area contributed by atoms with Crippen molar-refractivity contribution < 1.29 is 14.3 Å². The van der Waals surface area contributed by atoms with Crippen molar-refractivity contribution in [3.63, 3.8) is 0 Å². The van der Waals surface area contributed by atoms with Crippen LogP contribution in [0, 0.1) is 6.92 Å². The smallest absolute Gasteiger partial charge is 0.348 e. The number of ether oxygens (including phenoxy) is 1. The first-order chi connectivity index (χ1) is 10.0. The highest BCUT2D eigenvalue weighted by Gasteiger charge is 2.23. The molecule has 0 radical (unpaired) electrons. The van der Waals surface area contributed by atoms with Gasteiger partial charge in [-0.05, 0) is 38.5 Å². The Hall–Kier alpha value is -2.14. The molecule has 0 unspecified atom stereocenters. The zero-order valence-corrected chi connectivity index (χ0v) is 13.0. The Kier molecular flexibility index (Phi) is 4.75. The minimum absolute atomic E-state index is 0.0715. The van der Waals surface area contributed by atoms with E-state index >= 15 is 0 Å². The average molecular weight is 303 g/mol. The fourth-order valence-corrected chi connectivity index (χ4v) is 3.24.